The van der Waals surface area contributed by atoms with Crippen LogP contribution in [0.3, 0.4) is 0 Å². The highest BCUT2D eigenvalue weighted by atomic mass is 35.5. The first-order chi connectivity index (χ1) is 8.39. The van der Waals surface area contributed by atoms with Gasteiger partial charge in [0.05, 0.1) is 18.6 Å². The zero-order valence-electron chi connectivity index (χ0n) is 11.3. The molecular weight excluding hydrogens is 248 g/mol. The Hall–Kier alpha value is -1.24. The molecular formula is C14H19ClN2O. The van der Waals surface area contributed by atoms with Gasteiger partial charge in [-0.2, -0.15) is 5.26 Å². The molecule has 1 aromatic carbocycles. The van der Waals surface area contributed by atoms with Crippen LogP contribution < -0.4 is 10.1 Å². The molecule has 0 radical (unpaired) electrons. The molecule has 0 amide bonds. The molecule has 1 rings (SSSR count). The molecule has 0 aliphatic heterocycles. The molecule has 98 valence electrons. The van der Waals surface area contributed by atoms with Gasteiger partial charge in [-0.25, -0.2) is 0 Å². The van der Waals surface area contributed by atoms with Crippen LogP contribution in [0.15, 0.2) is 12.1 Å². The van der Waals surface area contributed by atoms with E-state index in [1.54, 1.807) is 7.11 Å². The van der Waals surface area contributed by atoms with Crippen LogP contribution in [-0.2, 0) is 6.54 Å². The summed E-state index contributed by atoms with van der Waals surface area (Å²) in [6.45, 7) is 7.03. The van der Waals surface area contributed by atoms with Gasteiger partial charge in [0, 0.05) is 23.7 Å². The zero-order valence-corrected chi connectivity index (χ0v) is 12.1. The van der Waals surface area contributed by atoms with Crippen LogP contribution in [0.4, 0.5) is 0 Å². The number of rotatable bonds is 5. The van der Waals surface area contributed by atoms with Gasteiger partial charge < -0.3 is 10.1 Å². The Morgan fingerprint density at radius 3 is 2.67 bits per heavy atom. The van der Waals surface area contributed by atoms with Crippen molar-refractivity contribution in [3.63, 3.8) is 0 Å². The van der Waals surface area contributed by atoms with E-state index in [0.717, 1.165) is 16.9 Å². The standard InChI is InChI=1S/C14H19ClN2O/c1-10-5-12(15)6-11(13(10)18-4)7-17-9-14(2,3)8-16/h5-6,17H,7,9H2,1-4H3. The van der Waals surface area contributed by atoms with E-state index in [1.807, 2.05) is 32.9 Å². The number of hydrogen-bond acceptors (Lipinski definition) is 3. The van der Waals surface area contributed by atoms with Crippen molar-refractivity contribution in [3.05, 3.63) is 28.3 Å². The van der Waals surface area contributed by atoms with Crippen molar-refractivity contribution in [2.24, 2.45) is 5.41 Å². The van der Waals surface area contributed by atoms with Gasteiger partial charge in [0.1, 0.15) is 5.75 Å². The van der Waals surface area contributed by atoms with E-state index in [9.17, 15) is 0 Å². The molecule has 0 bridgehead atoms. The van der Waals surface area contributed by atoms with Gasteiger partial charge in [-0.1, -0.05) is 11.6 Å². The van der Waals surface area contributed by atoms with Crippen LogP contribution in [0.1, 0.15) is 25.0 Å². The number of nitrogens with one attached hydrogen (secondary N) is 1. The smallest absolute Gasteiger partial charge is 0.126 e. The van der Waals surface area contributed by atoms with Crippen LogP contribution in [0, 0.1) is 23.7 Å². The molecule has 0 unspecified atom stereocenters. The summed E-state index contributed by atoms with van der Waals surface area (Å²) in [4.78, 5) is 0. The number of ether oxygens (including phenoxy) is 1. The first kappa shape index (κ1) is 14.8. The summed E-state index contributed by atoms with van der Waals surface area (Å²) < 4.78 is 5.38. The third-order valence-electron chi connectivity index (χ3n) is 2.71. The van der Waals surface area contributed by atoms with Crippen molar-refractivity contribution in [1.29, 1.82) is 5.26 Å². The Balaban J connectivity index is 2.76. The quantitative estimate of drug-likeness (QED) is 0.889. The number of nitriles is 1. The highest BCUT2D eigenvalue weighted by Crippen LogP contribution is 2.27. The van der Waals surface area contributed by atoms with Gasteiger partial charge in [0.25, 0.3) is 0 Å². The Bertz CT molecular complexity index is 464. The average molecular weight is 267 g/mol. The number of nitrogens with zero attached hydrogens (tertiary/aromatic N) is 1. The maximum absolute atomic E-state index is 8.94. The molecule has 0 heterocycles. The lowest BCUT2D eigenvalue weighted by Crippen LogP contribution is -2.27. The monoisotopic (exact) mass is 266 g/mol. The third kappa shape index (κ3) is 3.90. The number of halogens is 1. The SMILES string of the molecule is COc1c(C)cc(Cl)cc1CNCC(C)(C)C#N. The second-order valence-corrected chi connectivity index (χ2v) is 5.45. The average Bonchev–Trinajstić information content (AvgIpc) is 2.28. The summed E-state index contributed by atoms with van der Waals surface area (Å²) in [6.07, 6.45) is 0. The number of hydrogen-bond donors (Lipinski definition) is 1. The summed E-state index contributed by atoms with van der Waals surface area (Å²) in [5.41, 5.74) is 1.65. The minimum atomic E-state index is -0.374. The highest BCUT2D eigenvalue weighted by molar-refractivity contribution is 6.30. The van der Waals surface area contributed by atoms with Crippen molar-refractivity contribution < 1.29 is 4.74 Å². The minimum absolute atomic E-state index is 0.374. The fourth-order valence-corrected chi connectivity index (χ4v) is 2.07. The number of benzene rings is 1. The second-order valence-electron chi connectivity index (χ2n) is 5.01. The Morgan fingerprint density at radius 2 is 2.11 bits per heavy atom. The predicted molar refractivity (Wildman–Crippen MR) is 73.8 cm³/mol. The van der Waals surface area contributed by atoms with Gasteiger partial charge in [-0.3, -0.25) is 0 Å². The molecule has 0 atom stereocenters. The first-order valence-electron chi connectivity index (χ1n) is 5.84. The van der Waals surface area contributed by atoms with Gasteiger partial charge in [0.15, 0.2) is 0 Å². The van der Waals surface area contributed by atoms with Crippen molar-refractivity contribution in [2.45, 2.75) is 27.3 Å². The molecule has 18 heavy (non-hydrogen) atoms. The molecule has 0 fully saturated rings. The first-order valence-corrected chi connectivity index (χ1v) is 6.22. The van der Waals surface area contributed by atoms with Gasteiger partial charge in [-0.05, 0) is 38.5 Å². The van der Waals surface area contributed by atoms with Crippen LogP contribution >= 0.6 is 11.6 Å². The molecule has 0 aromatic heterocycles. The highest BCUT2D eigenvalue weighted by Gasteiger charge is 2.16. The van der Waals surface area contributed by atoms with Gasteiger partial charge >= 0.3 is 0 Å². The fraction of sp³-hybridized carbons (Fsp3) is 0.500. The topological polar surface area (TPSA) is 45.0 Å². The summed E-state index contributed by atoms with van der Waals surface area (Å²) in [5.74, 6) is 0.849. The molecule has 4 heteroatoms. The van der Waals surface area contributed by atoms with Crippen LogP contribution in [0.5, 0.6) is 5.75 Å². The molecule has 1 aromatic rings. The molecule has 0 aliphatic rings. The van der Waals surface area contributed by atoms with Crippen LogP contribution in [0.2, 0.25) is 5.02 Å². The van der Waals surface area contributed by atoms with Gasteiger partial charge in [0.2, 0.25) is 0 Å². The maximum Gasteiger partial charge on any atom is 0.126 e. The van der Waals surface area contributed by atoms with E-state index >= 15 is 0 Å². The van der Waals surface area contributed by atoms with E-state index in [1.165, 1.54) is 0 Å². The summed E-state index contributed by atoms with van der Waals surface area (Å²) in [5, 5.41) is 12.9. The van der Waals surface area contributed by atoms with E-state index in [2.05, 4.69) is 11.4 Å². The Morgan fingerprint density at radius 1 is 1.44 bits per heavy atom. The number of aryl methyl sites for hydroxylation is 1. The maximum atomic E-state index is 8.94. The zero-order chi connectivity index (χ0) is 13.8. The molecule has 1 N–H and O–H groups in total. The Labute approximate surface area is 114 Å². The fourth-order valence-electron chi connectivity index (χ4n) is 1.77. The lowest BCUT2D eigenvalue weighted by Gasteiger charge is -2.17. The Kier molecular flexibility index (Phi) is 5.01. The molecule has 0 saturated heterocycles. The summed E-state index contributed by atoms with van der Waals surface area (Å²) in [7, 11) is 1.65. The van der Waals surface area contributed by atoms with Crippen LogP contribution in [0.25, 0.3) is 0 Å². The second kappa shape index (κ2) is 6.08. The molecule has 0 aliphatic carbocycles. The molecule has 0 spiro atoms. The van der Waals surface area contributed by atoms with Crippen molar-refractivity contribution in [3.8, 4) is 11.8 Å². The minimum Gasteiger partial charge on any atom is -0.496 e. The summed E-state index contributed by atoms with van der Waals surface area (Å²) in [6, 6.07) is 6.03. The third-order valence-corrected chi connectivity index (χ3v) is 2.92. The lowest BCUT2D eigenvalue weighted by atomic mass is 9.96. The van der Waals surface area contributed by atoms with Gasteiger partial charge in [-0.15, -0.1) is 0 Å². The van der Waals surface area contributed by atoms with E-state index in [0.29, 0.717) is 18.1 Å². The largest absolute Gasteiger partial charge is 0.496 e. The summed E-state index contributed by atoms with van der Waals surface area (Å²) >= 11 is 6.04. The normalized spacial score (nSPS) is 11.1. The van der Waals surface area contributed by atoms with E-state index < -0.39 is 0 Å². The van der Waals surface area contributed by atoms with Crippen molar-refractivity contribution >= 4 is 11.6 Å². The molecule has 3 nitrogen and oxygen atoms in total. The van der Waals surface area contributed by atoms with Crippen molar-refractivity contribution in [2.75, 3.05) is 13.7 Å². The van der Waals surface area contributed by atoms with Crippen molar-refractivity contribution in [1.82, 2.24) is 5.32 Å². The number of methoxy groups -OCH3 is 1. The van der Waals surface area contributed by atoms with E-state index in [4.69, 9.17) is 21.6 Å². The molecule has 0 saturated carbocycles. The van der Waals surface area contributed by atoms with Crippen LogP contribution in [-0.4, -0.2) is 13.7 Å². The lowest BCUT2D eigenvalue weighted by molar-refractivity contribution is 0.399. The van der Waals surface area contributed by atoms with E-state index in [-0.39, 0.29) is 5.41 Å². The predicted octanol–water partition coefficient (Wildman–Crippen LogP) is 3.30.